The first-order valence-corrected chi connectivity index (χ1v) is 10.6. The predicted octanol–water partition coefficient (Wildman–Crippen LogP) is 2.90. The second kappa shape index (κ2) is 9.38. The molecule has 0 saturated carbocycles. The van der Waals surface area contributed by atoms with Gasteiger partial charge in [0.25, 0.3) is 0 Å². The molecule has 2 aromatic rings. The highest BCUT2D eigenvalue weighted by Gasteiger charge is 2.17. The molecule has 2 rings (SSSR count). The van der Waals surface area contributed by atoms with Crippen LogP contribution in [0.3, 0.4) is 0 Å². The monoisotopic (exact) mass is 374 g/mol. The van der Waals surface area contributed by atoms with E-state index in [-0.39, 0.29) is 12.5 Å². The van der Waals surface area contributed by atoms with Crippen molar-refractivity contribution in [1.29, 1.82) is 0 Å². The van der Waals surface area contributed by atoms with Gasteiger partial charge in [-0.25, -0.2) is 8.42 Å². The number of aryl methyl sites for hydroxylation is 1. The largest absolute Gasteiger partial charge is 0.356 e. The molecule has 0 fully saturated rings. The van der Waals surface area contributed by atoms with Gasteiger partial charge in [0.2, 0.25) is 15.9 Å². The van der Waals surface area contributed by atoms with Crippen LogP contribution >= 0.6 is 0 Å². The third-order valence-corrected chi connectivity index (χ3v) is 5.26. The zero-order chi connectivity index (χ0) is 19.0. The van der Waals surface area contributed by atoms with Crippen molar-refractivity contribution in [2.75, 3.05) is 23.7 Å². The molecule has 0 heterocycles. The van der Waals surface area contributed by atoms with Gasteiger partial charge in [-0.1, -0.05) is 48.0 Å². The molecule has 2 aromatic carbocycles. The number of anilines is 1. The van der Waals surface area contributed by atoms with Crippen LogP contribution in [0, 0.1) is 6.92 Å². The fraction of sp³-hybridized carbons (Fsp3) is 0.350. The summed E-state index contributed by atoms with van der Waals surface area (Å²) in [5.74, 6) is -0.0571. The Balaban J connectivity index is 1.79. The van der Waals surface area contributed by atoms with Crippen LogP contribution in [0.25, 0.3) is 0 Å². The summed E-state index contributed by atoms with van der Waals surface area (Å²) in [6, 6.07) is 17.3. The fourth-order valence-electron chi connectivity index (χ4n) is 2.66. The maximum atomic E-state index is 12.0. The molecule has 0 bridgehead atoms. The number of amides is 1. The smallest absolute Gasteiger partial charge is 0.232 e. The standard InChI is InChI=1S/C20H26N2O3S/c1-17-10-12-19(13-11-17)22(26(2,24)25)16-6-9-20(23)21-15-14-18-7-4-3-5-8-18/h3-5,7-8,10-13H,6,9,14-16H2,1-2H3,(H,21,23). The van der Waals surface area contributed by atoms with Crippen LogP contribution in [-0.4, -0.2) is 33.7 Å². The van der Waals surface area contributed by atoms with E-state index >= 15 is 0 Å². The lowest BCUT2D eigenvalue weighted by Gasteiger charge is -2.22. The summed E-state index contributed by atoms with van der Waals surface area (Å²) < 4.78 is 25.4. The minimum Gasteiger partial charge on any atom is -0.356 e. The first kappa shape index (κ1) is 20.0. The molecule has 140 valence electrons. The van der Waals surface area contributed by atoms with Gasteiger partial charge in [0, 0.05) is 19.5 Å². The fourth-order valence-corrected chi connectivity index (χ4v) is 3.63. The molecule has 0 aliphatic heterocycles. The molecular weight excluding hydrogens is 348 g/mol. The van der Waals surface area contributed by atoms with E-state index in [1.54, 1.807) is 12.1 Å². The number of benzene rings is 2. The summed E-state index contributed by atoms with van der Waals surface area (Å²) in [4.78, 5) is 12.0. The van der Waals surface area contributed by atoms with Crippen LogP contribution in [0.1, 0.15) is 24.0 Å². The summed E-state index contributed by atoms with van der Waals surface area (Å²) >= 11 is 0. The van der Waals surface area contributed by atoms with Crippen molar-refractivity contribution in [3.63, 3.8) is 0 Å². The van der Waals surface area contributed by atoms with Gasteiger partial charge in [-0.3, -0.25) is 9.10 Å². The lowest BCUT2D eigenvalue weighted by Crippen LogP contribution is -2.32. The number of hydrogen-bond acceptors (Lipinski definition) is 3. The third-order valence-electron chi connectivity index (χ3n) is 4.07. The second-order valence-corrected chi connectivity index (χ2v) is 8.27. The molecule has 0 unspecified atom stereocenters. The molecule has 0 aliphatic rings. The van der Waals surface area contributed by atoms with Gasteiger partial charge in [0.15, 0.2) is 0 Å². The zero-order valence-corrected chi connectivity index (χ0v) is 16.1. The first-order chi connectivity index (χ1) is 12.4. The number of rotatable bonds is 9. The van der Waals surface area contributed by atoms with Crippen molar-refractivity contribution in [3.05, 3.63) is 65.7 Å². The Bertz CT molecular complexity index is 803. The average Bonchev–Trinajstić information content (AvgIpc) is 2.60. The van der Waals surface area contributed by atoms with E-state index in [0.717, 1.165) is 12.0 Å². The molecule has 0 spiro atoms. The molecule has 1 amide bonds. The number of sulfonamides is 1. The Kier molecular flexibility index (Phi) is 7.21. The van der Waals surface area contributed by atoms with Crippen LogP contribution in [-0.2, 0) is 21.2 Å². The molecule has 6 heteroatoms. The van der Waals surface area contributed by atoms with Crippen LogP contribution in [0.5, 0.6) is 0 Å². The Morgan fingerprint density at radius 1 is 1.04 bits per heavy atom. The van der Waals surface area contributed by atoms with Crippen molar-refractivity contribution in [3.8, 4) is 0 Å². The lowest BCUT2D eigenvalue weighted by atomic mass is 10.1. The van der Waals surface area contributed by atoms with Crippen molar-refractivity contribution in [1.82, 2.24) is 5.32 Å². The number of carbonyl (C=O) groups is 1. The van der Waals surface area contributed by atoms with E-state index in [0.29, 0.717) is 25.1 Å². The molecule has 1 N–H and O–H groups in total. The highest BCUT2D eigenvalue weighted by molar-refractivity contribution is 7.92. The maximum absolute atomic E-state index is 12.0. The Labute approximate surface area is 156 Å². The quantitative estimate of drug-likeness (QED) is 0.734. The third kappa shape index (κ3) is 6.52. The van der Waals surface area contributed by atoms with E-state index < -0.39 is 10.0 Å². The Morgan fingerprint density at radius 3 is 2.31 bits per heavy atom. The van der Waals surface area contributed by atoms with Crippen LogP contribution in [0.15, 0.2) is 54.6 Å². The van der Waals surface area contributed by atoms with Crippen LogP contribution < -0.4 is 9.62 Å². The molecule has 5 nitrogen and oxygen atoms in total. The van der Waals surface area contributed by atoms with E-state index in [1.807, 2.05) is 49.4 Å². The summed E-state index contributed by atoms with van der Waals surface area (Å²) in [6.45, 7) is 2.82. The van der Waals surface area contributed by atoms with Crippen molar-refractivity contribution in [2.45, 2.75) is 26.2 Å². The SMILES string of the molecule is Cc1ccc(N(CCCC(=O)NCCc2ccccc2)S(C)(=O)=O)cc1. The Morgan fingerprint density at radius 2 is 1.69 bits per heavy atom. The number of hydrogen-bond donors (Lipinski definition) is 1. The van der Waals surface area contributed by atoms with E-state index in [1.165, 1.54) is 16.1 Å². The van der Waals surface area contributed by atoms with Crippen molar-refractivity contribution < 1.29 is 13.2 Å². The van der Waals surface area contributed by atoms with Crippen molar-refractivity contribution in [2.24, 2.45) is 0 Å². The lowest BCUT2D eigenvalue weighted by molar-refractivity contribution is -0.121. The van der Waals surface area contributed by atoms with E-state index in [9.17, 15) is 13.2 Å². The molecule has 0 radical (unpaired) electrons. The average molecular weight is 375 g/mol. The van der Waals surface area contributed by atoms with Gasteiger partial charge in [0.05, 0.1) is 11.9 Å². The van der Waals surface area contributed by atoms with Gasteiger partial charge in [-0.05, 0) is 37.5 Å². The number of carbonyl (C=O) groups excluding carboxylic acids is 1. The summed E-state index contributed by atoms with van der Waals surface area (Å²) in [5.41, 5.74) is 2.87. The van der Waals surface area contributed by atoms with Gasteiger partial charge < -0.3 is 5.32 Å². The normalized spacial score (nSPS) is 11.2. The van der Waals surface area contributed by atoms with E-state index in [2.05, 4.69) is 5.32 Å². The maximum Gasteiger partial charge on any atom is 0.232 e. The van der Waals surface area contributed by atoms with Gasteiger partial charge in [0.1, 0.15) is 0 Å². The van der Waals surface area contributed by atoms with Crippen molar-refractivity contribution >= 4 is 21.6 Å². The zero-order valence-electron chi connectivity index (χ0n) is 15.3. The summed E-state index contributed by atoms with van der Waals surface area (Å²) in [5, 5.41) is 2.88. The van der Waals surface area contributed by atoms with Crippen LogP contribution in [0.4, 0.5) is 5.69 Å². The molecule has 26 heavy (non-hydrogen) atoms. The first-order valence-electron chi connectivity index (χ1n) is 8.71. The molecule has 0 atom stereocenters. The van der Waals surface area contributed by atoms with Gasteiger partial charge in [-0.15, -0.1) is 0 Å². The van der Waals surface area contributed by atoms with Gasteiger partial charge in [-0.2, -0.15) is 0 Å². The highest BCUT2D eigenvalue weighted by atomic mass is 32.2. The predicted molar refractivity (Wildman–Crippen MR) is 106 cm³/mol. The Hall–Kier alpha value is -2.34. The van der Waals surface area contributed by atoms with E-state index in [4.69, 9.17) is 0 Å². The summed E-state index contributed by atoms with van der Waals surface area (Å²) in [7, 11) is -3.38. The second-order valence-electron chi connectivity index (χ2n) is 6.36. The molecular formula is C20H26N2O3S. The minimum absolute atomic E-state index is 0.0571. The molecule has 0 aromatic heterocycles. The molecule has 0 saturated heterocycles. The molecule has 0 aliphatic carbocycles. The number of nitrogens with zero attached hydrogens (tertiary/aromatic N) is 1. The topological polar surface area (TPSA) is 66.5 Å². The van der Waals surface area contributed by atoms with Crippen LogP contribution in [0.2, 0.25) is 0 Å². The summed E-state index contributed by atoms with van der Waals surface area (Å²) in [6.07, 6.45) is 2.74. The number of nitrogens with one attached hydrogen (secondary N) is 1. The van der Waals surface area contributed by atoms with Gasteiger partial charge >= 0.3 is 0 Å². The highest BCUT2D eigenvalue weighted by Crippen LogP contribution is 2.18. The minimum atomic E-state index is -3.38.